The smallest absolute Gasteiger partial charge is 0.163 e. The first-order valence-electron chi connectivity index (χ1n) is 6.01. The van der Waals surface area contributed by atoms with E-state index in [0.29, 0.717) is 23.8 Å². The van der Waals surface area contributed by atoms with Gasteiger partial charge >= 0.3 is 0 Å². The third-order valence-corrected chi connectivity index (χ3v) is 3.25. The van der Waals surface area contributed by atoms with E-state index < -0.39 is 0 Å². The number of alkyl halides is 1. The minimum absolute atomic E-state index is 0.0164. The fraction of sp³-hybridized carbons (Fsp3) is 0.188. The Morgan fingerprint density at radius 3 is 2.68 bits per heavy atom. The quantitative estimate of drug-likeness (QED) is 0.464. The summed E-state index contributed by atoms with van der Waals surface area (Å²) in [5.74, 6) is 0.939. The van der Waals surface area contributed by atoms with Crippen LogP contribution >= 0.6 is 11.6 Å². The topological polar surface area (TPSA) is 26.3 Å². The molecule has 0 spiro atoms. The Hall–Kier alpha value is -1.80. The molecule has 0 amide bonds. The number of hydrogen-bond donors (Lipinski definition) is 0. The molecule has 0 bridgehead atoms. The molecular formula is C16H15ClO2. The number of hydrogen-bond acceptors (Lipinski definition) is 2. The van der Waals surface area contributed by atoms with Gasteiger partial charge in [-0.05, 0) is 23.9 Å². The van der Waals surface area contributed by atoms with Crippen molar-refractivity contribution in [3.05, 3.63) is 54.1 Å². The monoisotopic (exact) mass is 274 g/mol. The van der Waals surface area contributed by atoms with E-state index in [9.17, 15) is 4.79 Å². The van der Waals surface area contributed by atoms with E-state index in [0.717, 1.165) is 16.3 Å². The van der Waals surface area contributed by atoms with E-state index in [1.54, 1.807) is 6.07 Å². The first-order valence-corrected chi connectivity index (χ1v) is 6.55. The molecule has 2 nitrogen and oxygen atoms in total. The molecule has 0 fully saturated rings. The Kier molecular flexibility index (Phi) is 4.23. The summed E-state index contributed by atoms with van der Waals surface area (Å²) >= 11 is 5.69. The highest BCUT2D eigenvalue weighted by Gasteiger charge is 2.12. The van der Waals surface area contributed by atoms with E-state index in [-0.39, 0.29) is 5.78 Å². The second-order valence-electron chi connectivity index (χ2n) is 4.39. The van der Waals surface area contributed by atoms with Crippen molar-refractivity contribution in [1.82, 2.24) is 0 Å². The number of ether oxygens (including phenoxy) is 1. The molecule has 3 heteroatoms. The van der Waals surface area contributed by atoms with Crippen molar-refractivity contribution >= 4 is 28.2 Å². The standard InChI is InChI=1S/C16H15ClO2/c1-11(9-17)10-19-16-14(12(2)18)8-7-13-5-3-4-6-15(13)16/h3-8H,1,9-10H2,2H3. The molecule has 0 saturated carbocycles. The maximum absolute atomic E-state index is 11.7. The zero-order valence-electron chi connectivity index (χ0n) is 10.8. The van der Waals surface area contributed by atoms with Gasteiger partial charge in [0.2, 0.25) is 0 Å². The van der Waals surface area contributed by atoms with E-state index >= 15 is 0 Å². The van der Waals surface area contributed by atoms with Crippen LogP contribution in [0.3, 0.4) is 0 Å². The molecule has 2 aromatic carbocycles. The number of carbonyl (C=O) groups is 1. The van der Waals surface area contributed by atoms with Crippen LogP contribution < -0.4 is 4.74 Å². The van der Waals surface area contributed by atoms with Crippen molar-refractivity contribution in [3.63, 3.8) is 0 Å². The molecule has 19 heavy (non-hydrogen) atoms. The summed E-state index contributed by atoms with van der Waals surface area (Å²) in [6.07, 6.45) is 0. The highest BCUT2D eigenvalue weighted by molar-refractivity contribution is 6.19. The fourth-order valence-electron chi connectivity index (χ4n) is 1.89. The third kappa shape index (κ3) is 2.96. The van der Waals surface area contributed by atoms with Gasteiger partial charge < -0.3 is 4.74 Å². The van der Waals surface area contributed by atoms with Gasteiger partial charge in [0.25, 0.3) is 0 Å². The second-order valence-corrected chi connectivity index (χ2v) is 4.66. The maximum atomic E-state index is 11.7. The van der Waals surface area contributed by atoms with Crippen molar-refractivity contribution in [2.24, 2.45) is 0 Å². The molecule has 0 aromatic heterocycles. The summed E-state index contributed by atoms with van der Waals surface area (Å²) in [5.41, 5.74) is 1.37. The zero-order chi connectivity index (χ0) is 13.8. The predicted molar refractivity (Wildman–Crippen MR) is 79.3 cm³/mol. The summed E-state index contributed by atoms with van der Waals surface area (Å²) in [7, 11) is 0. The molecule has 0 radical (unpaired) electrons. The molecule has 2 aromatic rings. The van der Waals surface area contributed by atoms with Crippen LogP contribution in [0.4, 0.5) is 0 Å². The Bertz CT molecular complexity index is 632. The molecule has 98 valence electrons. The number of ketones is 1. The lowest BCUT2D eigenvalue weighted by molar-refractivity contribution is 0.101. The molecule has 0 aliphatic carbocycles. The van der Waals surface area contributed by atoms with Crippen molar-refractivity contribution in [1.29, 1.82) is 0 Å². The van der Waals surface area contributed by atoms with Gasteiger partial charge in [-0.1, -0.05) is 36.9 Å². The molecular weight excluding hydrogens is 260 g/mol. The van der Waals surface area contributed by atoms with Gasteiger partial charge in [0.05, 0.1) is 5.56 Å². The minimum atomic E-state index is -0.0164. The Balaban J connectivity index is 2.49. The SMILES string of the molecule is C=C(CCl)COc1c(C(C)=O)ccc2ccccc12. The largest absolute Gasteiger partial charge is 0.488 e. The minimum Gasteiger partial charge on any atom is -0.488 e. The van der Waals surface area contributed by atoms with Gasteiger partial charge in [-0.2, -0.15) is 0 Å². The van der Waals surface area contributed by atoms with Crippen LogP contribution in [-0.4, -0.2) is 18.3 Å². The number of carbonyl (C=O) groups excluding carboxylic acids is 1. The van der Waals surface area contributed by atoms with Crippen molar-refractivity contribution < 1.29 is 9.53 Å². The molecule has 0 N–H and O–H groups in total. The molecule has 0 unspecified atom stereocenters. The zero-order valence-corrected chi connectivity index (χ0v) is 11.5. The molecule has 0 aliphatic heterocycles. The van der Waals surface area contributed by atoms with Gasteiger partial charge in [0.15, 0.2) is 5.78 Å². The maximum Gasteiger partial charge on any atom is 0.163 e. The molecule has 2 rings (SSSR count). The second kappa shape index (κ2) is 5.89. The number of benzene rings is 2. The van der Waals surface area contributed by atoms with E-state index in [2.05, 4.69) is 6.58 Å². The first-order chi connectivity index (χ1) is 9.13. The van der Waals surface area contributed by atoms with Crippen LogP contribution in [0.1, 0.15) is 17.3 Å². The average Bonchev–Trinajstić information content (AvgIpc) is 2.43. The van der Waals surface area contributed by atoms with Crippen LogP contribution in [0.5, 0.6) is 5.75 Å². The van der Waals surface area contributed by atoms with Gasteiger partial charge in [-0.25, -0.2) is 0 Å². The highest BCUT2D eigenvalue weighted by Crippen LogP contribution is 2.30. The van der Waals surface area contributed by atoms with Crippen LogP contribution in [0, 0.1) is 0 Å². The summed E-state index contributed by atoms with van der Waals surface area (Å²) in [4.78, 5) is 11.7. The lowest BCUT2D eigenvalue weighted by atomic mass is 10.0. The summed E-state index contributed by atoms with van der Waals surface area (Å²) in [5, 5.41) is 1.97. The third-order valence-electron chi connectivity index (χ3n) is 2.87. The van der Waals surface area contributed by atoms with Crippen molar-refractivity contribution in [2.45, 2.75) is 6.92 Å². The lowest BCUT2D eigenvalue weighted by Gasteiger charge is -2.13. The van der Waals surface area contributed by atoms with E-state index in [4.69, 9.17) is 16.3 Å². The predicted octanol–water partition coefficient (Wildman–Crippen LogP) is 4.22. The summed E-state index contributed by atoms with van der Waals surface area (Å²) in [6.45, 7) is 5.65. The fourth-order valence-corrected chi connectivity index (χ4v) is 1.97. The molecule has 0 saturated heterocycles. The van der Waals surface area contributed by atoms with E-state index in [1.165, 1.54) is 6.92 Å². The average molecular weight is 275 g/mol. The van der Waals surface area contributed by atoms with Gasteiger partial charge in [0.1, 0.15) is 12.4 Å². The molecule has 0 aliphatic rings. The van der Waals surface area contributed by atoms with Crippen LogP contribution in [0.2, 0.25) is 0 Å². The molecule has 0 atom stereocenters. The first kappa shape index (κ1) is 13.6. The van der Waals surface area contributed by atoms with E-state index in [1.807, 2.05) is 30.3 Å². The van der Waals surface area contributed by atoms with Gasteiger partial charge in [0, 0.05) is 11.3 Å². The Labute approximate surface area is 117 Å². The summed E-state index contributed by atoms with van der Waals surface area (Å²) < 4.78 is 5.76. The molecule has 0 heterocycles. The normalized spacial score (nSPS) is 10.4. The van der Waals surface area contributed by atoms with Crippen molar-refractivity contribution in [2.75, 3.05) is 12.5 Å². The number of Topliss-reactive ketones (excluding diaryl/α,β-unsaturated/α-hetero) is 1. The van der Waals surface area contributed by atoms with Crippen molar-refractivity contribution in [3.8, 4) is 5.75 Å². The van der Waals surface area contributed by atoms with Crippen LogP contribution in [-0.2, 0) is 0 Å². The van der Waals surface area contributed by atoms with Gasteiger partial charge in [-0.3, -0.25) is 4.79 Å². The van der Waals surface area contributed by atoms with Crippen LogP contribution in [0.15, 0.2) is 48.6 Å². The van der Waals surface area contributed by atoms with Crippen LogP contribution in [0.25, 0.3) is 10.8 Å². The highest BCUT2D eigenvalue weighted by atomic mass is 35.5. The number of rotatable bonds is 5. The van der Waals surface area contributed by atoms with Gasteiger partial charge in [-0.15, -0.1) is 11.6 Å². The number of fused-ring (bicyclic) bond motifs is 1. The number of halogens is 1. The Morgan fingerprint density at radius 1 is 1.26 bits per heavy atom. The Morgan fingerprint density at radius 2 is 2.00 bits per heavy atom. The summed E-state index contributed by atoms with van der Waals surface area (Å²) in [6, 6.07) is 11.5. The lowest BCUT2D eigenvalue weighted by Crippen LogP contribution is -2.06.